The summed E-state index contributed by atoms with van der Waals surface area (Å²) in [5, 5.41) is 0. The number of ether oxygens (including phenoxy) is 2. The number of rotatable bonds is 5. The van der Waals surface area contributed by atoms with E-state index in [1.807, 2.05) is 62.4 Å². The molecule has 0 saturated carbocycles. The largest absolute Gasteiger partial charge is 0.490 e. The summed E-state index contributed by atoms with van der Waals surface area (Å²) in [6, 6.07) is 22.8. The second-order valence-corrected chi connectivity index (χ2v) is 7.00. The fourth-order valence-electron chi connectivity index (χ4n) is 2.53. The maximum atomic E-state index is 12.6. The van der Waals surface area contributed by atoms with Crippen LogP contribution in [0.15, 0.2) is 77.3 Å². The first-order chi connectivity index (χ1) is 12.5. The summed E-state index contributed by atoms with van der Waals surface area (Å²) in [6.45, 7) is 3.83. The van der Waals surface area contributed by atoms with Gasteiger partial charge in [0, 0.05) is 4.47 Å². The first kappa shape index (κ1) is 18.2. The molecular formula is C22H19BrO3. The van der Waals surface area contributed by atoms with Crippen LogP contribution in [0.1, 0.15) is 24.2 Å². The number of benzene rings is 3. The maximum Gasteiger partial charge on any atom is 0.347 e. The van der Waals surface area contributed by atoms with Crippen LogP contribution in [0.4, 0.5) is 0 Å². The minimum absolute atomic E-state index is 0.0344. The molecule has 0 bridgehead atoms. The van der Waals surface area contributed by atoms with Crippen molar-refractivity contribution < 1.29 is 14.3 Å². The molecule has 132 valence electrons. The van der Waals surface area contributed by atoms with Gasteiger partial charge in [-0.05, 0) is 55.3 Å². The molecule has 0 spiro atoms. The summed E-state index contributed by atoms with van der Waals surface area (Å²) in [7, 11) is 0. The van der Waals surface area contributed by atoms with Crippen molar-refractivity contribution in [2.75, 3.05) is 0 Å². The standard InChI is InChI=1S/C22H19BrO3/c1-15(2)25-21-13-10-18(23)14-20(21)22(24)26-19-11-8-17(9-12-19)16-6-4-3-5-7-16/h3-15H,1-2H3. The Hall–Kier alpha value is -2.59. The lowest BCUT2D eigenvalue weighted by Crippen LogP contribution is -2.14. The zero-order valence-corrected chi connectivity index (χ0v) is 16.2. The molecule has 0 N–H and O–H groups in total. The van der Waals surface area contributed by atoms with Crippen LogP contribution in [0.2, 0.25) is 0 Å². The Labute approximate surface area is 161 Å². The van der Waals surface area contributed by atoms with Crippen LogP contribution >= 0.6 is 15.9 Å². The number of hydrogen-bond donors (Lipinski definition) is 0. The summed E-state index contributed by atoms with van der Waals surface area (Å²) in [5.74, 6) is 0.550. The molecule has 0 atom stereocenters. The minimum atomic E-state index is -0.450. The van der Waals surface area contributed by atoms with E-state index in [1.165, 1.54) is 0 Å². The number of hydrogen-bond acceptors (Lipinski definition) is 3. The van der Waals surface area contributed by atoms with Crippen molar-refractivity contribution in [1.82, 2.24) is 0 Å². The topological polar surface area (TPSA) is 35.5 Å². The van der Waals surface area contributed by atoms with Crippen LogP contribution < -0.4 is 9.47 Å². The van der Waals surface area contributed by atoms with Crippen molar-refractivity contribution in [3.63, 3.8) is 0 Å². The van der Waals surface area contributed by atoms with Crippen LogP contribution in [0, 0.1) is 0 Å². The Morgan fingerprint density at radius 2 is 1.54 bits per heavy atom. The van der Waals surface area contributed by atoms with Gasteiger partial charge >= 0.3 is 5.97 Å². The number of halogens is 1. The van der Waals surface area contributed by atoms with E-state index < -0.39 is 5.97 Å². The molecule has 0 radical (unpaired) electrons. The van der Waals surface area contributed by atoms with Gasteiger partial charge in [-0.2, -0.15) is 0 Å². The van der Waals surface area contributed by atoms with Crippen molar-refractivity contribution in [2.24, 2.45) is 0 Å². The van der Waals surface area contributed by atoms with Crippen molar-refractivity contribution in [2.45, 2.75) is 20.0 Å². The highest BCUT2D eigenvalue weighted by molar-refractivity contribution is 9.10. The molecule has 0 heterocycles. The second-order valence-electron chi connectivity index (χ2n) is 6.09. The fraction of sp³-hybridized carbons (Fsp3) is 0.136. The molecule has 3 aromatic rings. The fourth-order valence-corrected chi connectivity index (χ4v) is 2.89. The minimum Gasteiger partial charge on any atom is -0.490 e. The SMILES string of the molecule is CC(C)Oc1ccc(Br)cc1C(=O)Oc1ccc(-c2ccccc2)cc1. The number of carbonyl (C=O) groups excluding carboxylic acids is 1. The first-order valence-corrected chi connectivity index (χ1v) is 9.16. The van der Waals surface area contributed by atoms with Gasteiger partial charge in [-0.3, -0.25) is 0 Å². The highest BCUT2D eigenvalue weighted by Crippen LogP contribution is 2.27. The van der Waals surface area contributed by atoms with Gasteiger partial charge in [0.25, 0.3) is 0 Å². The molecule has 4 heteroatoms. The van der Waals surface area contributed by atoms with Gasteiger partial charge in [0.2, 0.25) is 0 Å². The first-order valence-electron chi connectivity index (χ1n) is 8.37. The van der Waals surface area contributed by atoms with E-state index in [2.05, 4.69) is 15.9 Å². The smallest absolute Gasteiger partial charge is 0.347 e. The van der Waals surface area contributed by atoms with Crippen molar-refractivity contribution in [3.8, 4) is 22.6 Å². The van der Waals surface area contributed by atoms with Crippen molar-refractivity contribution >= 4 is 21.9 Å². The van der Waals surface area contributed by atoms with Gasteiger partial charge < -0.3 is 9.47 Å². The average molecular weight is 411 g/mol. The number of esters is 1. The summed E-state index contributed by atoms with van der Waals surface area (Å²) in [5.41, 5.74) is 2.57. The summed E-state index contributed by atoms with van der Waals surface area (Å²) in [6.07, 6.45) is -0.0344. The monoisotopic (exact) mass is 410 g/mol. The third-order valence-corrected chi connectivity index (χ3v) is 4.19. The third-order valence-electron chi connectivity index (χ3n) is 3.70. The highest BCUT2D eigenvalue weighted by Gasteiger charge is 2.16. The normalized spacial score (nSPS) is 10.6. The molecule has 0 aliphatic heterocycles. The highest BCUT2D eigenvalue weighted by atomic mass is 79.9. The molecule has 0 unspecified atom stereocenters. The van der Waals surface area contributed by atoms with Crippen LogP contribution in [0.3, 0.4) is 0 Å². The molecule has 0 fully saturated rings. The zero-order valence-electron chi connectivity index (χ0n) is 14.6. The lowest BCUT2D eigenvalue weighted by molar-refractivity contribution is 0.0728. The molecule has 3 aromatic carbocycles. The van der Waals surface area contributed by atoms with Gasteiger partial charge in [0.05, 0.1) is 6.10 Å². The lowest BCUT2D eigenvalue weighted by atomic mass is 10.1. The van der Waals surface area contributed by atoms with E-state index in [0.717, 1.165) is 15.6 Å². The predicted octanol–water partition coefficient (Wildman–Crippen LogP) is 6.12. The summed E-state index contributed by atoms with van der Waals surface area (Å²) < 4.78 is 12.0. The Morgan fingerprint density at radius 1 is 0.885 bits per heavy atom. The van der Waals surface area contributed by atoms with E-state index in [4.69, 9.17) is 9.47 Å². The molecular weight excluding hydrogens is 392 g/mol. The quantitative estimate of drug-likeness (QED) is 0.375. The Morgan fingerprint density at radius 3 is 2.19 bits per heavy atom. The molecule has 0 aliphatic rings. The zero-order chi connectivity index (χ0) is 18.5. The van der Waals surface area contributed by atoms with Crippen LogP contribution in [0.25, 0.3) is 11.1 Å². The summed E-state index contributed by atoms with van der Waals surface area (Å²) in [4.78, 5) is 12.6. The predicted molar refractivity (Wildman–Crippen MR) is 107 cm³/mol. The molecule has 0 aliphatic carbocycles. The van der Waals surface area contributed by atoms with Crippen molar-refractivity contribution in [3.05, 3.63) is 82.8 Å². The Balaban J connectivity index is 1.79. The molecule has 3 rings (SSSR count). The van der Waals surface area contributed by atoms with Gasteiger partial charge in [-0.25, -0.2) is 4.79 Å². The molecule has 0 amide bonds. The van der Waals surface area contributed by atoms with E-state index in [9.17, 15) is 4.79 Å². The maximum absolute atomic E-state index is 12.6. The lowest BCUT2D eigenvalue weighted by Gasteiger charge is -2.14. The van der Waals surface area contributed by atoms with Crippen molar-refractivity contribution in [1.29, 1.82) is 0 Å². The van der Waals surface area contributed by atoms with Gasteiger partial charge in [0.1, 0.15) is 17.1 Å². The third kappa shape index (κ3) is 4.52. The second kappa shape index (κ2) is 8.19. The van der Waals surface area contributed by atoms with Crippen LogP contribution in [-0.4, -0.2) is 12.1 Å². The van der Waals surface area contributed by atoms with Gasteiger partial charge in [-0.1, -0.05) is 58.4 Å². The Kier molecular flexibility index (Phi) is 5.74. The molecule has 26 heavy (non-hydrogen) atoms. The van der Waals surface area contributed by atoms with Gasteiger partial charge in [0.15, 0.2) is 0 Å². The average Bonchev–Trinajstić information content (AvgIpc) is 2.64. The van der Waals surface area contributed by atoms with E-state index in [0.29, 0.717) is 17.1 Å². The van der Waals surface area contributed by atoms with Crippen LogP contribution in [-0.2, 0) is 0 Å². The van der Waals surface area contributed by atoms with Gasteiger partial charge in [-0.15, -0.1) is 0 Å². The van der Waals surface area contributed by atoms with E-state index in [-0.39, 0.29) is 6.10 Å². The van der Waals surface area contributed by atoms with E-state index in [1.54, 1.807) is 24.3 Å². The summed E-state index contributed by atoms with van der Waals surface area (Å²) >= 11 is 3.39. The molecule has 0 saturated heterocycles. The van der Waals surface area contributed by atoms with Crippen LogP contribution in [0.5, 0.6) is 11.5 Å². The number of carbonyl (C=O) groups is 1. The molecule has 0 aromatic heterocycles. The Bertz CT molecular complexity index is 887. The van der Waals surface area contributed by atoms with E-state index >= 15 is 0 Å². The molecule has 3 nitrogen and oxygen atoms in total.